The van der Waals surface area contributed by atoms with Gasteiger partial charge in [0.05, 0.1) is 19.3 Å². The van der Waals surface area contributed by atoms with Crippen molar-refractivity contribution in [2.75, 3.05) is 19.8 Å². The summed E-state index contributed by atoms with van der Waals surface area (Å²) in [5.41, 5.74) is 0. The SMILES string of the molecule is CCC/C=C/CCC([O-])=NCN(CC(=O)O)CC(C)O.[Na+]. The number of allylic oxidation sites excluding steroid dienone is 2. The number of carboxylic acid groups (broad SMARTS) is 1. The van der Waals surface area contributed by atoms with Gasteiger partial charge in [-0.1, -0.05) is 25.5 Å². The molecule has 0 spiro atoms. The van der Waals surface area contributed by atoms with Crippen LogP contribution in [0.15, 0.2) is 17.1 Å². The summed E-state index contributed by atoms with van der Waals surface area (Å²) in [4.78, 5) is 15.9. The van der Waals surface area contributed by atoms with Gasteiger partial charge in [-0.05, 0) is 32.1 Å². The number of hydrogen-bond donors (Lipinski definition) is 2. The maximum atomic E-state index is 11.5. The van der Waals surface area contributed by atoms with Crippen LogP contribution < -0.4 is 34.7 Å². The molecule has 0 aromatic rings. The first-order valence-corrected chi connectivity index (χ1v) is 6.93. The molecule has 0 aliphatic rings. The number of rotatable bonds is 11. The van der Waals surface area contributed by atoms with Crippen LogP contribution in [0, 0.1) is 0 Å². The third kappa shape index (κ3) is 15.8. The summed E-state index contributed by atoms with van der Waals surface area (Å²) < 4.78 is 0. The summed E-state index contributed by atoms with van der Waals surface area (Å²) in [6.45, 7) is 3.60. The van der Waals surface area contributed by atoms with E-state index in [1.165, 1.54) is 4.90 Å². The molecule has 0 heterocycles. The van der Waals surface area contributed by atoms with Gasteiger partial charge >= 0.3 is 35.5 Å². The van der Waals surface area contributed by atoms with Crippen molar-refractivity contribution in [2.45, 2.75) is 45.6 Å². The van der Waals surface area contributed by atoms with E-state index in [9.17, 15) is 15.0 Å². The predicted octanol–water partition coefficient (Wildman–Crippen LogP) is -2.39. The third-order valence-corrected chi connectivity index (χ3v) is 2.48. The van der Waals surface area contributed by atoms with Crippen LogP contribution in [0.2, 0.25) is 0 Å². The number of carboxylic acids is 1. The molecule has 0 saturated heterocycles. The normalized spacial score (nSPS) is 13.4. The Bertz CT molecular complexity index is 333. The fourth-order valence-corrected chi connectivity index (χ4v) is 1.60. The zero-order valence-corrected chi connectivity index (χ0v) is 15.3. The minimum absolute atomic E-state index is 0. The van der Waals surface area contributed by atoms with Gasteiger partial charge < -0.3 is 15.3 Å². The molecule has 0 rings (SSSR count). The fourth-order valence-electron chi connectivity index (χ4n) is 1.60. The number of carbonyl (C=O) groups is 1. The van der Waals surface area contributed by atoms with Gasteiger partial charge in [0.15, 0.2) is 0 Å². The van der Waals surface area contributed by atoms with E-state index in [0.717, 1.165) is 12.8 Å². The molecule has 0 aliphatic heterocycles. The van der Waals surface area contributed by atoms with Crippen molar-refractivity contribution in [3.63, 3.8) is 0 Å². The van der Waals surface area contributed by atoms with Crippen LogP contribution in [-0.4, -0.2) is 52.8 Å². The maximum absolute atomic E-state index is 11.5. The first-order chi connectivity index (χ1) is 9.45. The van der Waals surface area contributed by atoms with E-state index < -0.39 is 12.1 Å². The molecule has 0 amide bonds. The van der Waals surface area contributed by atoms with E-state index in [-0.39, 0.29) is 55.2 Å². The predicted molar refractivity (Wildman–Crippen MR) is 76.5 cm³/mol. The van der Waals surface area contributed by atoms with Crippen molar-refractivity contribution < 1.29 is 49.7 Å². The Morgan fingerprint density at radius 3 is 2.52 bits per heavy atom. The number of aliphatic carboxylic acids is 1. The smallest absolute Gasteiger partial charge is 0.862 e. The summed E-state index contributed by atoms with van der Waals surface area (Å²) in [7, 11) is 0. The summed E-state index contributed by atoms with van der Waals surface area (Å²) in [5, 5.41) is 29.5. The second kappa shape index (κ2) is 14.5. The Kier molecular flexibility index (Phi) is 15.8. The number of aliphatic hydroxyl groups excluding tert-OH is 1. The quantitative estimate of drug-likeness (QED) is 0.192. The zero-order valence-electron chi connectivity index (χ0n) is 13.3. The Morgan fingerprint density at radius 1 is 1.38 bits per heavy atom. The molecule has 1 unspecified atom stereocenters. The minimum Gasteiger partial charge on any atom is -0.862 e. The number of nitrogens with zero attached hydrogens (tertiary/aromatic N) is 2. The molecule has 21 heavy (non-hydrogen) atoms. The van der Waals surface area contributed by atoms with Crippen LogP contribution in [0.25, 0.3) is 0 Å². The van der Waals surface area contributed by atoms with E-state index in [2.05, 4.69) is 11.9 Å². The van der Waals surface area contributed by atoms with Crippen molar-refractivity contribution in [3.05, 3.63) is 12.2 Å². The van der Waals surface area contributed by atoms with Crippen LogP contribution in [0.3, 0.4) is 0 Å². The molecule has 0 aromatic heterocycles. The van der Waals surface area contributed by atoms with E-state index >= 15 is 0 Å². The molecule has 0 bridgehead atoms. The topological polar surface area (TPSA) is 96.2 Å². The molecule has 0 radical (unpaired) electrons. The molecule has 0 aliphatic carbocycles. The van der Waals surface area contributed by atoms with E-state index in [0.29, 0.717) is 12.8 Å². The number of aliphatic hydroxyl groups is 1. The fraction of sp³-hybridized carbons (Fsp3) is 0.714. The monoisotopic (exact) mass is 308 g/mol. The number of hydrogen-bond acceptors (Lipinski definition) is 5. The Labute approximate surface area is 148 Å². The van der Waals surface area contributed by atoms with Gasteiger partial charge in [-0.15, -0.1) is 0 Å². The molecule has 116 valence electrons. The van der Waals surface area contributed by atoms with Crippen LogP contribution in [-0.2, 0) is 4.79 Å². The molecule has 2 N–H and O–H groups in total. The summed E-state index contributed by atoms with van der Waals surface area (Å²) in [6, 6.07) is 0. The van der Waals surface area contributed by atoms with Gasteiger partial charge in [-0.3, -0.25) is 14.7 Å². The Morgan fingerprint density at radius 2 is 2.00 bits per heavy atom. The molecule has 0 fully saturated rings. The first kappa shape index (κ1) is 22.9. The third-order valence-electron chi connectivity index (χ3n) is 2.48. The average Bonchev–Trinajstić information content (AvgIpc) is 2.34. The van der Waals surface area contributed by atoms with Gasteiger partial charge in [0.25, 0.3) is 0 Å². The second-order valence-electron chi connectivity index (χ2n) is 4.75. The summed E-state index contributed by atoms with van der Waals surface area (Å²) >= 11 is 0. The molecule has 1 atom stereocenters. The van der Waals surface area contributed by atoms with Gasteiger partial charge in [0.1, 0.15) is 0 Å². The van der Waals surface area contributed by atoms with E-state index in [1.54, 1.807) is 6.92 Å². The van der Waals surface area contributed by atoms with Crippen molar-refractivity contribution >= 4 is 11.9 Å². The summed E-state index contributed by atoms with van der Waals surface area (Å²) in [5.74, 6) is -1.25. The van der Waals surface area contributed by atoms with Crippen molar-refractivity contribution in [1.82, 2.24) is 4.90 Å². The second-order valence-corrected chi connectivity index (χ2v) is 4.75. The zero-order chi connectivity index (χ0) is 15.4. The summed E-state index contributed by atoms with van der Waals surface area (Å²) in [6.07, 6.45) is 6.41. The number of aliphatic imine (C=N–C) groups is 1. The maximum Gasteiger partial charge on any atom is 1.00 e. The molecule has 6 nitrogen and oxygen atoms in total. The standard InChI is InChI=1S/C14H26N2O4.Na/c1-3-4-5-6-7-8-13(18)15-11-16(9-12(2)17)10-14(19)20;/h5-6,12,17H,3-4,7-11H2,1-2H3,(H,15,18)(H,19,20);/q;+1/p-1/b6-5+;. The number of unbranched alkanes of at least 4 members (excludes halogenated alkanes) is 1. The average molecular weight is 308 g/mol. The minimum atomic E-state index is -1.00. The Hall–Kier alpha value is -0.400. The van der Waals surface area contributed by atoms with Gasteiger partial charge in [0, 0.05) is 6.54 Å². The van der Waals surface area contributed by atoms with Crippen molar-refractivity contribution in [2.24, 2.45) is 4.99 Å². The van der Waals surface area contributed by atoms with Crippen LogP contribution in [0.1, 0.15) is 39.5 Å². The molecular formula is C14H25N2NaO4. The van der Waals surface area contributed by atoms with Gasteiger partial charge in [-0.2, -0.15) is 0 Å². The van der Waals surface area contributed by atoms with Crippen molar-refractivity contribution in [3.8, 4) is 0 Å². The van der Waals surface area contributed by atoms with Crippen LogP contribution >= 0.6 is 0 Å². The first-order valence-electron chi connectivity index (χ1n) is 6.93. The molecule has 0 saturated carbocycles. The van der Waals surface area contributed by atoms with E-state index in [4.69, 9.17) is 5.11 Å². The Balaban J connectivity index is 0. The largest absolute Gasteiger partial charge is 1.00 e. The van der Waals surface area contributed by atoms with E-state index in [1.807, 2.05) is 12.2 Å². The van der Waals surface area contributed by atoms with Gasteiger partial charge in [-0.25, -0.2) is 0 Å². The van der Waals surface area contributed by atoms with Gasteiger partial charge in [0.2, 0.25) is 0 Å². The molecule has 7 heteroatoms. The van der Waals surface area contributed by atoms with Crippen LogP contribution in [0.4, 0.5) is 0 Å². The van der Waals surface area contributed by atoms with Crippen LogP contribution in [0.5, 0.6) is 0 Å². The molecular weight excluding hydrogens is 283 g/mol. The van der Waals surface area contributed by atoms with Crippen molar-refractivity contribution in [1.29, 1.82) is 0 Å². The molecule has 0 aromatic carbocycles.